The first-order chi connectivity index (χ1) is 17.0. The quantitative estimate of drug-likeness (QED) is 0.0551. The molecule has 8 heteroatoms. The van der Waals surface area contributed by atoms with Crippen molar-refractivity contribution in [3.05, 3.63) is 96.6 Å². The van der Waals surface area contributed by atoms with E-state index in [1.54, 1.807) is 18.2 Å². The standard InChI is InChI=1S/C28H25N7.ClH/c1-2-35-26-16-20(29)11-13-24(26)23-14-12-22(17-25(23)27(35)18-7-4-3-5-8-18)33-34-32-21-10-6-9-19(15-21)28(30)31;/h3-17,29H,2H2,1H3,(H4,30,31,32,33);1H. The van der Waals surface area contributed by atoms with Gasteiger partial charge in [-0.25, -0.2) is 0 Å². The van der Waals surface area contributed by atoms with Crippen molar-refractivity contribution in [3.8, 4) is 11.3 Å². The maximum Gasteiger partial charge on any atom is 0.220 e. The largest absolute Gasteiger partial charge is 1.00 e. The lowest BCUT2D eigenvalue weighted by Gasteiger charge is -2.12. The number of halogens is 1. The molecule has 5 aromatic rings. The van der Waals surface area contributed by atoms with Crippen LogP contribution >= 0.6 is 0 Å². The highest BCUT2D eigenvalue weighted by molar-refractivity contribution is 6.10. The molecule has 5 rings (SSSR count). The van der Waals surface area contributed by atoms with Crippen LogP contribution in [0.4, 0.5) is 17.1 Å². The molecule has 0 bridgehead atoms. The molecule has 0 spiro atoms. The minimum atomic E-state index is -0.00353. The van der Waals surface area contributed by atoms with Crippen LogP contribution in [0.25, 0.3) is 32.9 Å². The smallest absolute Gasteiger partial charge is 0.220 e. The van der Waals surface area contributed by atoms with E-state index in [0.29, 0.717) is 11.3 Å². The van der Waals surface area contributed by atoms with Crippen molar-refractivity contribution in [1.29, 1.82) is 5.41 Å². The average molecular weight is 496 g/mol. The Labute approximate surface area is 215 Å². The first kappa shape index (κ1) is 24.6. The number of aryl methyl sites for hydroxylation is 1. The van der Waals surface area contributed by atoms with Gasteiger partial charge < -0.3 is 23.9 Å². The second kappa shape index (κ2) is 10.4. The molecular weight excluding hydrogens is 470 g/mol. The van der Waals surface area contributed by atoms with Gasteiger partial charge in [-0.15, -0.1) is 5.11 Å². The SMILES string of the molecule is CC[n+]1c(-c2ccccc2)c2cc(N/N=N/c3cccc(C(=N)N)c3)ccc2c2ccc(N)cc21.[Cl-]. The molecule has 0 aliphatic heterocycles. The van der Waals surface area contributed by atoms with E-state index in [0.717, 1.165) is 50.9 Å². The van der Waals surface area contributed by atoms with Crippen LogP contribution < -0.4 is 33.9 Å². The van der Waals surface area contributed by atoms with Gasteiger partial charge in [-0.1, -0.05) is 41.6 Å². The lowest BCUT2D eigenvalue weighted by atomic mass is 9.98. The lowest BCUT2D eigenvalue weighted by molar-refractivity contribution is -0.655. The van der Waals surface area contributed by atoms with Crippen LogP contribution in [0.2, 0.25) is 0 Å². The molecule has 0 saturated heterocycles. The molecule has 0 aliphatic rings. The third-order valence-electron chi connectivity index (χ3n) is 6.01. The zero-order chi connectivity index (χ0) is 24.4. The fourth-order valence-corrected chi connectivity index (χ4v) is 4.42. The fraction of sp³-hybridized carbons (Fsp3) is 0.0714. The van der Waals surface area contributed by atoms with Gasteiger partial charge in [0.25, 0.3) is 0 Å². The van der Waals surface area contributed by atoms with Crippen LogP contribution in [0.5, 0.6) is 0 Å². The summed E-state index contributed by atoms with van der Waals surface area (Å²) in [5.74, 6) is -0.00353. The van der Waals surface area contributed by atoms with Crippen molar-refractivity contribution in [1.82, 2.24) is 0 Å². The van der Waals surface area contributed by atoms with Crippen LogP contribution in [0, 0.1) is 5.41 Å². The maximum atomic E-state index is 7.59. The number of hydrogen-bond acceptors (Lipinski definition) is 4. The summed E-state index contributed by atoms with van der Waals surface area (Å²) in [6, 6.07) is 29.8. The first-order valence-corrected chi connectivity index (χ1v) is 11.4. The maximum absolute atomic E-state index is 7.59. The number of nitrogens with one attached hydrogen (secondary N) is 2. The van der Waals surface area contributed by atoms with Crippen molar-refractivity contribution in [2.24, 2.45) is 16.1 Å². The molecule has 6 N–H and O–H groups in total. The molecule has 36 heavy (non-hydrogen) atoms. The minimum Gasteiger partial charge on any atom is -1.00 e. The van der Waals surface area contributed by atoms with Crippen molar-refractivity contribution in [2.45, 2.75) is 13.5 Å². The summed E-state index contributed by atoms with van der Waals surface area (Å²) >= 11 is 0. The van der Waals surface area contributed by atoms with Crippen LogP contribution in [-0.2, 0) is 6.54 Å². The molecule has 0 atom stereocenters. The molecule has 1 aromatic heterocycles. The van der Waals surface area contributed by atoms with Gasteiger partial charge in [0, 0.05) is 28.3 Å². The third kappa shape index (κ3) is 4.69. The van der Waals surface area contributed by atoms with Gasteiger partial charge in [0.15, 0.2) is 0 Å². The predicted molar refractivity (Wildman–Crippen MR) is 143 cm³/mol. The molecule has 7 nitrogen and oxygen atoms in total. The second-order valence-corrected chi connectivity index (χ2v) is 8.27. The second-order valence-electron chi connectivity index (χ2n) is 8.27. The Morgan fingerprint density at radius 2 is 1.67 bits per heavy atom. The van der Waals surface area contributed by atoms with Crippen LogP contribution in [0.3, 0.4) is 0 Å². The van der Waals surface area contributed by atoms with Crippen LogP contribution in [0.1, 0.15) is 12.5 Å². The molecule has 0 amide bonds. The van der Waals surface area contributed by atoms with Gasteiger partial charge in [-0.2, -0.15) is 4.57 Å². The molecule has 0 saturated carbocycles. The Morgan fingerprint density at radius 1 is 0.889 bits per heavy atom. The highest BCUT2D eigenvalue weighted by Gasteiger charge is 2.22. The summed E-state index contributed by atoms with van der Waals surface area (Å²) in [5, 5.41) is 19.4. The number of amidine groups is 1. The van der Waals surface area contributed by atoms with Crippen molar-refractivity contribution < 1.29 is 17.0 Å². The number of hydrogen-bond donors (Lipinski definition) is 4. The van der Waals surface area contributed by atoms with E-state index in [9.17, 15) is 0 Å². The number of pyridine rings is 1. The zero-order valence-corrected chi connectivity index (χ0v) is 20.5. The normalized spacial score (nSPS) is 11.0. The highest BCUT2D eigenvalue weighted by Crippen LogP contribution is 2.34. The molecule has 180 valence electrons. The highest BCUT2D eigenvalue weighted by atomic mass is 35.5. The number of rotatable bonds is 6. The predicted octanol–water partition coefficient (Wildman–Crippen LogP) is 2.95. The molecular formula is C28H26ClN7. The van der Waals surface area contributed by atoms with Gasteiger partial charge in [0.05, 0.1) is 22.1 Å². The number of nitrogens with two attached hydrogens (primary N) is 2. The van der Waals surface area contributed by atoms with Gasteiger partial charge in [0.1, 0.15) is 12.4 Å². The van der Waals surface area contributed by atoms with Crippen molar-refractivity contribution >= 4 is 44.6 Å². The van der Waals surface area contributed by atoms with E-state index >= 15 is 0 Å². The fourth-order valence-electron chi connectivity index (χ4n) is 4.42. The third-order valence-corrected chi connectivity index (χ3v) is 6.01. The lowest BCUT2D eigenvalue weighted by Crippen LogP contribution is -3.00. The number of nitrogen functional groups attached to an aromatic ring is 2. The van der Waals surface area contributed by atoms with Gasteiger partial charge in [-0.05, 0) is 55.5 Å². The number of fused-ring (bicyclic) bond motifs is 3. The molecule has 0 radical (unpaired) electrons. The molecule has 0 aliphatic carbocycles. The Hall–Kier alpha value is -4.49. The van der Waals surface area contributed by atoms with Gasteiger partial charge in [-0.3, -0.25) is 10.8 Å². The monoisotopic (exact) mass is 495 g/mol. The van der Waals surface area contributed by atoms with E-state index in [4.69, 9.17) is 16.9 Å². The van der Waals surface area contributed by atoms with Crippen molar-refractivity contribution in [2.75, 3.05) is 11.2 Å². The summed E-state index contributed by atoms with van der Waals surface area (Å²) < 4.78 is 2.31. The summed E-state index contributed by atoms with van der Waals surface area (Å²) in [5.41, 5.74) is 20.9. The van der Waals surface area contributed by atoms with E-state index in [-0.39, 0.29) is 18.2 Å². The molecule has 4 aromatic carbocycles. The summed E-state index contributed by atoms with van der Waals surface area (Å²) in [7, 11) is 0. The molecule has 0 fully saturated rings. The number of anilines is 2. The number of benzene rings is 4. The average Bonchev–Trinajstić information content (AvgIpc) is 2.88. The Balaban J connectivity index is 0.00000304. The first-order valence-electron chi connectivity index (χ1n) is 11.4. The van der Waals surface area contributed by atoms with E-state index in [1.165, 1.54) is 0 Å². The summed E-state index contributed by atoms with van der Waals surface area (Å²) in [4.78, 5) is 0. The topological polar surface area (TPSA) is 117 Å². The minimum absolute atomic E-state index is 0. The van der Waals surface area contributed by atoms with Crippen LogP contribution in [-0.4, -0.2) is 5.84 Å². The van der Waals surface area contributed by atoms with E-state index in [1.807, 2.05) is 30.3 Å². The van der Waals surface area contributed by atoms with Gasteiger partial charge in [0.2, 0.25) is 11.2 Å². The number of nitrogens with zero attached hydrogens (tertiary/aromatic N) is 3. The Bertz CT molecular complexity index is 1600. The van der Waals surface area contributed by atoms with Crippen molar-refractivity contribution in [3.63, 3.8) is 0 Å². The van der Waals surface area contributed by atoms with E-state index in [2.05, 4.69) is 69.7 Å². The Morgan fingerprint density at radius 3 is 2.42 bits per heavy atom. The van der Waals surface area contributed by atoms with Gasteiger partial charge >= 0.3 is 0 Å². The summed E-state index contributed by atoms with van der Waals surface area (Å²) in [6.07, 6.45) is 0. The number of aromatic nitrogens is 1. The van der Waals surface area contributed by atoms with Crippen LogP contribution in [0.15, 0.2) is 101 Å². The molecule has 0 unspecified atom stereocenters. The zero-order valence-electron chi connectivity index (χ0n) is 19.7. The van der Waals surface area contributed by atoms with E-state index < -0.39 is 0 Å². The molecule has 1 heterocycles. The Kier molecular flexibility index (Phi) is 7.12. The summed E-state index contributed by atoms with van der Waals surface area (Å²) in [6.45, 7) is 2.94.